The van der Waals surface area contributed by atoms with Crippen molar-refractivity contribution in [2.45, 2.75) is 13.8 Å². The van der Waals surface area contributed by atoms with E-state index in [4.69, 9.17) is 5.11 Å². The van der Waals surface area contributed by atoms with E-state index in [-0.39, 0.29) is 17.5 Å². The van der Waals surface area contributed by atoms with E-state index in [9.17, 15) is 9.59 Å². The van der Waals surface area contributed by atoms with Crippen LogP contribution < -0.4 is 10.6 Å². The molecule has 0 aliphatic heterocycles. The number of carboxylic acid groups (broad SMARTS) is 1. The topological polar surface area (TPSA) is 104 Å². The standard InChI is InChI=1S/C10H14N4O3/c1-6-5-8(9(16)17)14-10(13-6)12-4-3-11-7(2)15/h5H,3-4H2,1-2H3,(H,11,15)(H,16,17)(H,12,13,14). The predicted octanol–water partition coefficient (Wildman–Crippen LogP) is 0.0312. The van der Waals surface area contributed by atoms with Gasteiger partial charge in [0.15, 0.2) is 5.69 Å². The number of amides is 1. The van der Waals surface area contributed by atoms with E-state index in [1.54, 1.807) is 6.92 Å². The SMILES string of the molecule is CC(=O)NCCNc1nc(C)cc(C(=O)O)n1. The Kier molecular flexibility index (Phi) is 4.38. The van der Waals surface area contributed by atoms with Gasteiger partial charge in [0.2, 0.25) is 11.9 Å². The van der Waals surface area contributed by atoms with Gasteiger partial charge in [-0.2, -0.15) is 0 Å². The quantitative estimate of drug-likeness (QED) is 0.625. The van der Waals surface area contributed by atoms with Crippen molar-refractivity contribution >= 4 is 17.8 Å². The van der Waals surface area contributed by atoms with Crippen LogP contribution in [0.25, 0.3) is 0 Å². The van der Waals surface area contributed by atoms with Crippen LogP contribution in [0, 0.1) is 6.92 Å². The summed E-state index contributed by atoms with van der Waals surface area (Å²) in [7, 11) is 0. The van der Waals surface area contributed by atoms with Gasteiger partial charge in [-0.25, -0.2) is 14.8 Å². The molecule has 0 saturated heterocycles. The zero-order valence-electron chi connectivity index (χ0n) is 9.65. The molecule has 92 valence electrons. The molecule has 0 spiro atoms. The molecule has 1 rings (SSSR count). The van der Waals surface area contributed by atoms with E-state index in [0.717, 1.165) is 0 Å². The summed E-state index contributed by atoms with van der Waals surface area (Å²) in [6.07, 6.45) is 0. The third-order valence-electron chi connectivity index (χ3n) is 1.86. The first-order chi connectivity index (χ1) is 7.99. The molecular formula is C10H14N4O3. The highest BCUT2D eigenvalue weighted by Gasteiger charge is 2.07. The fourth-order valence-corrected chi connectivity index (χ4v) is 1.17. The molecule has 0 aromatic carbocycles. The minimum Gasteiger partial charge on any atom is -0.477 e. The molecule has 0 bridgehead atoms. The molecule has 0 unspecified atom stereocenters. The summed E-state index contributed by atoms with van der Waals surface area (Å²) in [6.45, 7) is 3.97. The predicted molar refractivity (Wildman–Crippen MR) is 60.9 cm³/mol. The zero-order chi connectivity index (χ0) is 12.8. The summed E-state index contributed by atoms with van der Waals surface area (Å²) in [5, 5.41) is 14.2. The number of anilines is 1. The average molecular weight is 238 g/mol. The van der Waals surface area contributed by atoms with Gasteiger partial charge in [-0.05, 0) is 13.0 Å². The largest absolute Gasteiger partial charge is 0.477 e. The highest BCUT2D eigenvalue weighted by Crippen LogP contribution is 2.04. The molecule has 0 aliphatic carbocycles. The fraction of sp³-hybridized carbons (Fsp3) is 0.400. The molecule has 1 aromatic rings. The second kappa shape index (κ2) is 5.78. The third kappa shape index (κ3) is 4.45. The van der Waals surface area contributed by atoms with Crippen molar-refractivity contribution in [2.24, 2.45) is 0 Å². The third-order valence-corrected chi connectivity index (χ3v) is 1.86. The number of hydrogen-bond acceptors (Lipinski definition) is 5. The van der Waals surface area contributed by atoms with Crippen molar-refractivity contribution < 1.29 is 14.7 Å². The van der Waals surface area contributed by atoms with Crippen LogP contribution in [0.5, 0.6) is 0 Å². The highest BCUT2D eigenvalue weighted by molar-refractivity contribution is 5.85. The molecule has 3 N–H and O–H groups in total. The first-order valence-corrected chi connectivity index (χ1v) is 5.06. The Hall–Kier alpha value is -2.18. The van der Waals surface area contributed by atoms with E-state index in [2.05, 4.69) is 20.6 Å². The van der Waals surface area contributed by atoms with Crippen LogP contribution in [0.1, 0.15) is 23.1 Å². The van der Waals surface area contributed by atoms with Gasteiger partial charge in [-0.15, -0.1) is 0 Å². The number of nitrogens with zero attached hydrogens (tertiary/aromatic N) is 2. The fourth-order valence-electron chi connectivity index (χ4n) is 1.17. The lowest BCUT2D eigenvalue weighted by molar-refractivity contribution is -0.118. The second-order valence-electron chi connectivity index (χ2n) is 3.43. The Morgan fingerprint density at radius 3 is 2.65 bits per heavy atom. The van der Waals surface area contributed by atoms with Crippen LogP contribution in [-0.2, 0) is 4.79 Å². The molecule has 0 aliphatic rings. The van der Waals surface area contributed by atoms with Gasteiger partial charge in [0.1, 0.15) is 0 Å². The Morgan fingerprint density at radius 2 is 2.06 bits per heavy atom. The molecule has 1 heterocycles. The number of aryl methyl sites for hydroxylation is 1. The normalized spacial score (nSPS) is 9.76. The summed E-state index contributed by atoms with van der Waals surface area (Å²) >= 11 is 0. The van der Waals surface area contributed by atoms with Crippen LogP contribution in [0.3, 0.4) is 0 Å². The summed E-state index contributed by atoms with van der Waals surface area (Å²) < 4.78 is 0. The van der Waals surface area contributed by atoms with E-state index in [0.29, 0.717) is 18.8 Å². The minimum absolute atomic E-state index is 0.0560. The van der Waals surface area contributed by atoms with E-state index < -0.39 is 5.97 Å². The lowest BCUT2D eigenvalue weighted by atomic mass is 10.3. The minimum atomic E-state index is -1.10. The van der Waals surface area contributed by atoms with Gasteiger partial charge in [0.25, 0.3) is 0 Å². The molecule has 1 amide bonds. The first kappa shape index (κ1) is 12.9. The van der Waals surface area contributed by atoms with E-state index in [1.165, 1.54) is 13.0 Å². The van der Waals surface area contributed by atoms with Gasteiger partial charge in [-0.1, -0.05) is 0 Å². The number of nitrogens with one attached hydrogen (secondary N) is 2. The molecule has 0 saturated carbocycles. The maximum atomic E-state index is 10.7. The number of aromatic nitrogens is 2. The summed E-state index contributed by atoms with van der Waals surface area (Å²) in [5.74, 6) is -0.976. The van der Waals surface area contributed by atoms with Crippen LogP contribution in [0.2, 0.25) is 0 Å². The maximum Gasteiger partial charge on any atom is 0.354 e. The first-order valence-electron chi connectivity index (χ1n) is 5.06. The Bertz CT molecular complexity index is 434. The van der Waals surface area contributed by atoms with Crippen molar-refractivity contribution in [1.29, 1.82) is 0 Å². The number of carbonyl (C=O) groups is 2. The van der Waals surface area contributed by atoms with Gasteiger partial charge >= 0.3 is 5.97 Å². The molecule has 0 atom stereocenters. The number of carbonyl (C=O) groups excluding carboxylic acids is 1. The maximum absolute atomic E-state index is 10.7. The van der Waals surface area contributed by atoms with Crippen LogP contribution in [0.15, 0.2) is 6.07 Å². The van der Waals surface area contributed by atoms with Gasteiger partial charge in [0, 0.05) is 25.7 Å². The molecule has 0 fully saturated rings. The van der Waals surface area contributed by atoms with Crippen LogP contribution >= 0.6 is 0 Å². The van der Waals surface area contributed by atoms with Crippen molar-refractivity contribution in [3.8, 4) is 0 Å². The van der Waals surface area contributed by atoms with E-state index in [1.807, 2.05) is 0 Å². The smallest absolute Gasteiger partial charge is 0.354 e. The molecule has 1 aromatic heterocycles. The summed E-state index contributed by atoms with van der Waals surface area (Å²) in [4.78, 5) is 29.2. The average Bonchev–Trinajstić information content (AvgIpc) is 2.23. The lowest BCUT2D eigenvalue weighted by Gasteiger charge is -2.06. The van der Waals surface area contributed by atoms with Crippen molar-refractivity contribution in [1.82, 2.24) is 15.3 Å². The molecule has 0 radical (unpaired) electrons. The lowest BCUT2D eigenvalue weighted by Crippen LogP contribution is -2.26. The summed E-state index contributed by atoms with van der Waals surface area (Å²) in [6, 6.07) is 1.39. The van der Waals surface area contributed by atoms with Crippen molar-refractivity contribution in [3.63, 3.8) is 0 Å². The van der Waals surface area contributed by atoms with Crippen LogP contribution in [0.4, 0.5) is 5.95 Å². The van der Waals surface area contributed by atoms with Gasteiger partial charge in [-0.3, -0.25) is 4.79 Å². The number of carboxylic acids is 1. The Morgan fingerprint density at radius 1 is 1.35 bits per heavy atom. The van der Waals surface area contributed by atoms with Crippen LogP contribution in [-0.4, -0.2) is 40.0 Å². The number of rotatable bonds is 5. The molecule has 7 heteroatoms. The van der Waals surface area contributed by atoms with E-state index >= 15 is 0 Å². The van der Waals surface area contributed by atoms with Gasteiger partial charge in [0.05, 0.1) is 0 Å². The molecular weight excluding hydrogens is 224 g/mol. The Balaban J connectivity index is 2.59. The Labute approximate surface area is 98.3 Å². The molecule has 7 nitrogen and oxygen atoms in total. The number of hydrogen-bond donors (Lipinski definition) is 3. The highest BCUT2D eigenvalue weighted by atomic mass is 16.4. The van der Waals surface area contributed by atoms with Crippen molar-refractivity contribution in [2.75, 3.05) is 18.4 Å². The zero-order valence-corrected chi connectivity index (χ0v) is 9.65. The molecule has 17 heavy (non-hydrogen) atoms. The summed E-state index contributed by atoms with van der Waals surface area (Å²) in [5.41, 5.74) is 0.513. The monoisotopic (exact) mass is 238 g/mol. The van der Waals surface area contributed by atoms with Gasteiger partial charge < -0.3 is 15.7 Å². The second-order valence-corrected chi connectivity index (χ2v) is 3.43. The van der Waals surface area contributed by atoms with Crippen molar-refractivity contribution in [3.05, 3.63) is 17.5 Å². The number of aromatic carboxylic acids is 1.